The second-order valence-corrected chi connectivity index (χ2v) is 10.7. The third-order valence-electron chi connectivity index (χ3n) is 6.31. The summed E-state index contributed by atoms with van der Waals surface area (Å²) in [6.07, 6.45) is 3.71. The standard InChI is InChI=1S/C29H20N6O9S/c36-24-14-9-20(15-23(24)28(38)39)32-30-18-5-1-16(2-6-18)17-3-7-19(8-4-17)31-33-25-26(29(40)41)34-35(27(25)37)21-10-12-22(13-11-21)45(42,43)44/h1-15,30-31H,(H,38,39)(H,40,41)(H,42,43,44). The molecule has 5 rings (SSSR count). The maximum Gasteiger partial charge on any atom is 0.358 e. The molecule has 0 aromatic heterocycles. The molecule has 0 radical (unpaired) electrons. The molecule has 0 atom stereocenters. The lowest BCUT2D eigenvalue weighted by molar-refractivity contribution is -0.134. The van der Waals surface area contributed by atoms with E-state index in [4.69, 9.17) is 9.66 Å². The Morgan fingerprint density at radius 2 is 1.31 bits per heavy atom. The predicted octanol–water partition coefficient (Wildman–Crippen LogP) is 2.77. The molecule has 1 heterocycles. The van der Waals surface area contributed by atoms with Gasteiger partial charge in [-0.05, 0) is 77.9 Å². The van der Waals surface area contributed by atoms with Crippen molar-refractivity contribution < 1.29 is 42.4 Å². The number of carboxylic acids is 2. The highest BCUT2D eigenvalue weighted by atomic mass is 32.2. The molecule has 0 bridgehead atoms. The Hall–Kier alpha value is -6.26. The number of allylic oxidation sites excluding steroid dienone is 3. The van der Waals surface area contributed by atoms with E-state index in [1.807, 2.05) is 12.1 Å². The minimum atomic E-state index is -4.47. The molecule has 45 heavy (non-hydrogen) atoms. The number of carbonyl (C=O) groups excluding carboxylic acids is 2. The van der Waals surface area contributed by atoms with Crippen LogP contribution in [0.1, 0.15) is 0 Å². The van der Waals surface area contributed by atoms with Gasteiger partial charge in [0.2, 0.25) is 5.71 Å². The van der Waals surface area contributed by atoms with Crippen LogP contribution in [0.25, 0.3) is 11.1 Å². The van der Waals surface area contributed by atoms with Crippen LogP contribution in [-0.2, 0) is 29.3 Å². The fourth-order valence-corrected chi connectivity index (χ4v) is 4.53. The van der Waals surface area contributed by atoms with Crippen LogP contribution in [0.15, 0.2) is 117 Å². The maximum absolute atomic E-state index is 12.9. The summed E-state index contributed by atoms with van der Waals surface area (Å²) in [5, 5.41) is 31.3. The summed E-state index contributed by atoms with van der Waals surface area (Å²) in [5.41, 5.74) is 6.97. The van der Waals surface area contributed by atoms with Crippen LogP contribution in [0.4, 0.5) is 17.1 Å². The molecule has 0 fully saturated rings. The van der Waals surface area contributed by atoms with Gasteiger partial charge in [0.15, 0.2) is 11.5 Å². The number of benzene rings is 3. The lowest BCUT2D eigenvalue weighted by Crippen LogP contribution is -2.30. The summed E-state index contributed by atoms with van der Waals surface area (Å²) in [7, 11) is -4.47. The van der Waals surface area contributed by atoms with Crippen molar-refractivity contribution in [3.63, 3.8) is 0 Å². The Bertz CT molecular complexity index is 2000. The highest BCUT2D eigenvalue weighted by Gasteiger charge is 2.37. The summed E-state index contributed by atoms with van der Waals surface area (Å²) in [5.74, 6) is -4.33. The van der Waals surface area contributed by atoms with Gasteiger partial charge in [-0.15, -0.1) is 0 Å². The van der Waals surface area contributed by atoms with E-state index in [2.05, 4.69) is 26.2 Å². The Labute approximate surface area is 253 Å². The monoisotopic (exact) mass is 628 g/mol. The van der Waals surface area contributed by atoms with E-state index in [1.54, 1.807) is 36.4 Å². The molecule has 5 N–H and O–H groups in total. The summed E-state index contributed by atoms with van der Waals surface area (Å²) < 4.78 is 31.7. The van der Waals surface area contributed by atoms with Gasteiger partial charge in [-0.3, -0.25) is 25.0 Å². The topological polar surface area (TPSA) is 227 Å². The van der Waals surface area contributed by atoms with E-state index < -0.39 is 50.1 Å². The van der Waals surface area contributed by atoms with Gasteiger partial charge in [-0.2, -0.15) is 28.7 Å². The Morgan fingerprint density at radius 1 is 0.756 bits per heavy atom. The van der Waals surface area contributed by atoms with Crippen molar-refractivity contribution in [3.05, 3.63) is 96.6 Å². The average Bonchev–Trinajstić information content (AvgIpc) is 3.35. The van der Waals surface area contributed by atoms with Gasteiger partial charge < -0.3 is 10.2 Å². The first-order valence-electron chi connectivity index (χ1n) is 12.7. The largest absolute Gasteiger partial charge is 0.478 e. The predicted molar refractivity (Wildman–Crippen MR) is 163 cm³/mol. The van der Waals surface area contributed by atoms with Crippen LogP contribution in [0.2, 0.25) is 0 Å². The van der Waals surface area contributed by atoms with Crippen LogP contribution in [0.3, 0.4) is 0 Å². The van der Waals surface area contributed by atoms with E-state index >= 15 is 0 Å². The van der Waals surface area contributed by atoms with Gasteiger partial charge in [0, 0.05) is 0 Å². The molecule has 1 aliphatic carbocycles. The van der Waals surface area contributed by atoms with E-state index in [1.165, 1.54) is 24.3 Å². The number of carboxylic acid groups (broad SMARTS) is 2. The molecule has 0 saturated heterocycles. The second-order valence-electron chi connectivity index (χ2n) is 9.28. The first-order chi connectivity index (χ1) is 21.4. The fourth-order valence-electron chi connectivity index (χ4n) is 4.05. The Morgan fingerprint density at radius 3 is 1.82 bits per heavy atom. The van der Waals surface area contributed by atoms with E-state index in [9.17, 15) is 32.7 Å². The number of aliphatic carboxylic acids is 2. The number of nitrogens with one attached hydrogen (secondary N) is 2. The van der Waals surface area contributed by atoms with Gasteiger partial charge in [-0.1, -0.05) is 24.3 Å². The lowest BCUT2D eigenvalue weighted by Gasteiger charge is -2.11. The second kappa shape index (κ2) is 12.2. The van der Waals surface area contributed by atoms with Gasteiger partial charge in [0.05, 0.1) is 27.7 Å². The number of anilines is 3. The zero-order chi connectivity index (χ0) is 32.3. The van der Waals surface area contributed by atoms with Crippen LogP contribution < -0.4 is 15.9 Å². The van der Waals surface area contributed by atoms with Crippen molar-refractivity contribution in [1.29, 1.82) is 0 Å². The van der Waals surface area contributed by atoms with Gasteiger partial charge in [0.25, 0.3) is 10.1 Å². The highest BCUT2D eigenvalue weighted by molar-refractivity contribution is 7.85. The summed E-state index contributed by atoms with van der Waals surface area (Å²) in [4.78, 5) is 47.0. The van der Waals surface area contributed by atoms with Crippen LogP contribution >= 0.6 is 0 Å². The van der Waals surface area contributed by atoms with Gasteiger partial charge in [-0.25, -0.2) is 9.59 Å². The number of hydrazone groups is 3. The number of hydrogen-bond donors (Lipinski definition) is 5. The number of carbonyl (C=O) groups is 4. The van der Waals surface area contributed by atoms with Crippen LogP contribution in [0.5, 0.6) is 0 Å². The Kier molecular flexibility index (Phi) is 8.16. The SMILES string of the molecule is O=C(O)C1=CC(=NNc2ccc(-c3ccc(NN=C4C(=O)N(c5ccc(S(=O)(=O)O)cc5)N=C4C(=O)O)cc3)cc2)C=CC1=O. The van der Waals surface area contributed by atoms with Crippen molar-refractivity contribution in [2.75, 3.05) is 15.9 Å². The molecular formula is C29H20N6O9S. The van der Waals surface area contributed by atoms with Gasteiger partial charge >= 0.3 is 17.8 Å². The van der Waals surface area contributed by atoms with Crippen molar-refractivity contribution in [2.45, 2.75) is 4.90 Å². The minimum absolute atomic E-state index is 0.0563. The molecule has 0 unspecified atom stereocenters. The third kappa shape index (κ3) is 6.71. The average molecular weight is 629 g/mol. The van der Waals surface area contributed by atoms with Crippen molar-refractivity contribution in [1.82, 2.24) is 0 Å². The molecule has 1 amide bonds. The van der Waals surface area contributed by atoms with E-state index in [-0.39, 0.29) is 17.0 Å². The molecule has 1 aliphatic heterocycles. The smallest absolute Gasteiger partial charge is 0.358 e. The van der Waals surface area contributed by atoms with Gasteiger partial charge in [0.1, 0.15) is 5.57 Å². The number of amides is 1. The first kappa shape index (κ1) is 30.2. The molecule has 3 aromatic carbocycles. The zero-order valence-electron chi connectivity index (χ0n) is 22.6. The summed E-state index contributed by atoms with van der Waals surface area (Å²) in [6, 6.07) is 18.4. The number of rotatable bonds is 9. The molecule has 0 spiro atoms. The summed E-state index contributed by atoms with van der Waals surface area (Å²) >= 11 is 0. The normalized spacial score (nSPS) is 16.5. The zero-order valence-corrected chi connectivity index (χ0v) is 23.5. The van der Waals surface area contributed by atoms with Crippen molar-refractivity contribution in [3.8, 4) is 11.1 Å². The first-order valence-corrected chi connectivity index (χ1v) is 14.1. The lowest BCUT2D eigenvalue weighted by atomic mass is 10.0. The highest BCUT2D eigenvalue weighted by Crippen LogP contribution is 2.25. The fraction of sp³-hybridized carbons (Fsp3) is 0. The molecule has 226 valence electrons. The minimum Gasteiger partial charge on any atom is -0.478 e. The number of nitrogens with zero attached hydrogens (tertiary/aromatic N) is 4. The van der Waals surface area contributed by atoms with E-state index in [0.717, 1.165) is 34.3 Å². The quantitative estimate of drug-likeness (QED) is 0.100. The van der Waals surface area contributed by atoms with Crippen molar-refractivity contribution >= 4 is 67.9 Å². The third-order valence-corrected chi connectivity index (χ3v) is 7.18. The molecule has 16 heteroatoms. The van der Waals surface area contributed by atoms with Crippen LogP contribution in [-0.4, -0.2) is 63.9 Å². The van der Waals surface area contributed by atoms with E-state index in [0.29, 0.717) is 11.4 Å². The summed E-state index contributed by atoms with van der Waals surface area (Å²) in [6.45, 7) is 0. The maximum atomic E-state index is 12.9. The number of ketones is 1. The molecular weight excluding hydrogens is 608 g/mol. The van der Waals surface area contributed by atoms with Crippen LogP contribution in [0, 0.1) is 0 Å². The molecule has 2 aliphatic rings. The van der Waals surface area contributed by atoms with Crippen molar-refractivity contribution in [2.24, 2.45) is 15.3 Å². The molecule has 3 aromatic rings. The Balaban J connectivity index is 1.25. The number of hydrogen-bond acceptors (Lipinski definition) is 11. The molecule has 0 saturated carbocycles. The molecule has 15 nitrogen and oxygen atoms in total.